The molecule has 0 radical (unpaired) electrons. The number of hydrogen-bond acceptors (Lipinski definition) is 3. The fourth-order valence-corrected chi connectivity index (χ4v) is 0.324. The van der Waals surface area contributed by atoms with Gasteiger partial charge in [0, 0.05) is 0 Å². The Morgan fingerprint density at radius 1 is 1.44 bits per heavy atom. The lowest BCUT2D eigenvalue weighted by molar-refractivity contribution is 0.192. The Bertz CT molecular complexity index is 193. The predicted molar refractivity (Wildman–Crippen MR) is 25.8 cm³/mol. The molecule has 54 valence electrons. The van der Waals surface area contributed by atoms with Crippen LogP contribution >= 0.6 is 0 Å². The average molecular weight is 156 g/mol. The molecule has 0 aromatic carbocycles. The van der Waals surface area contributed by atoms with Gasteiger partial charge in [-0.3, -0.25) is 4.55 Å². The molecule has 1 amide bonds. The molecule has 4 N–H and O–H groups in total. The molecule has 0 aromatic rings. The van der Waals surface area contributed by atoms with Gasteiger partial charge in [-0.25, -0.2) is 10.2 Å². The highest BCUT2D eigenvalue weighted by Crippen LogP contribution is 1.65. The lowest BCUT2D eigenvalue weighted by Crippen LogP contribution is -2.40. The molecule has 0 atom stereocenters. The molecule has 0 aliphatic carbocycles. The van der Waals surface area contributed by atoms with Crippen LogP contribution in [0.1, 0.15) is 0 Å². The Hall–Kier alpha value is -0.860. The van der Waals surface area contributed by atoms with Crippen LogP contribution < -0.4 is 10.3 Å². The van der Waals surface area contributed by atoms with Crippen molar-refractivity contribution in [1.82, 2.24) is 10.3 Å². The number of nitrogens with one attached hydrogen (secondary N) is 2. The van der Waals surface area contributed by atoms with Crippen molar-refractivity contribution in [2.45, 2.75) is 0 Å². The first kappa shape index (κ1) is 8.14. The van der Waals surface area contributed by atoms with E-state index in [2.05, 4.69) is 0 Å². The molecule has 8 heteroatoms. The highest BCUT2D eigenvalue weighted by Gasteiger charge is 2.02. The van der Waals surface area contributed by atoms with Crippen LogP contribution in [0.2, 0.25) is 0 Å². The number of amides is 1. The molecule has 0 spiro atoms. The molecule has 0 rings (SSSR count). The smallest absolute Gasteiger partial charge is 0.420 e. The Morgan fingerprint density at radius 3 is 2.00 bits per heavy atom. The molecule has 0 aromatic heterocycles. The van der Waals surface area contributed by atoms with E-state index in [0.717, 1.165) is 4.83 Å². The maximum absolute atomic E-state index is 9.65. The fraction of sp³-hybridized carbons (Fsp3) is 0. The van der Waals surface area contributed by atoms with Gasteiger partial charge in [0.25, 0.3) is 0 Å². The lowest BCUT2D eigenvalue weighted by Gasteiger charge is -1.96. The summed E-state index contributed by atoms with van der Waals surface area (Å²) in [6.07, 6.45) is -1.60. The van der Waals surface area contributed by atoms with Crippen molar-refractivity contribution >= 4 is 16.4 Å². The molecule has 7 nitrogen and oxygen atoms in total. The molecule has 0 saturated carbocycles. The molecule has 0 saturated heterocycles. The van der Waals surface area contributed by atoms with E-state index in [1.165, 1.54) is 5.43 Å². The van der Waals surface area contributed by atoms with Crippen LogP contribution in [0.15, 0.2) is 0 Å². The van der Waals surface area contributed by atoms with Crippen molar-refractivity contribution in [1.29, 1.82) is 0 Å². The van der Waals surface area contributed by atoms with Crippen LogP contribution in [-0.4, -0.2) is 24.2 Å². The van der Waals surface area contributed by atoms with Crippen molar-refractivity contribution in [3.05, 3.63) is 0 Å². The lowest BCUT2D eigenvalue weighted by atomic mass is 11.3. The third-order valence-electron chi connectivity index (χ3n) is 0.287. The summed E-state index contributed by atoms with van der Waals surface area (Å²) < 4.78 is 27.1. The van der Waals surface area contributed by atoms with Crippen molar-refractivity contribution < 1.29 is 22.9 Å². The van der Waals surface area contributed by atoms with E-state index >= 15 is 0 Å². The normalized spacial score (nSPS) is 10.8. The highest BCUT2D eigenvalue weighted by molar-refractivity contribution is 7.83. The summed E-state index contributed by atoms with van der Waals surface area (Å²) >= 11 is 0. The summed E-state index contributed by atoms with van der Waals surface area (Å²) in [4.78, 5) is 10.6. The van der Waals surface area contributed by atoms with Gasteiger partial charge >= 0.3 is 16.4 Å². The minimum Gasteiger partial charge on any atom is -0.464 e. The number of carboxylic acid groups (broad SMARTS) is 1. The first-order valence-corrected chi connectivity index (χ1v) is 3.09. The van der Waals surface area contributed by atoms with Crippen LogP contribution in [0, 0.1) is 0 Å². The summed E-state index contributed by atoms with van der Waals surface area (Å²) in [5.41, 5.74) is 1.21. The Kier molecular flexibility index (Phi) is 2.37. The Labute approximate surface area is 50.5 Å². The highest BCUT2D eigenvalue weighted by atomic mass is 32.2. The number of carbonyl (C=O) groups is 1. The van der Waals surface area contributed by atoms with Gasteiger partial charge in [0.15, 0.2) is 0 Å². The number of rotatable bonds is 2. The zero-order valence-corrected chi connectivity index (χ0v) is 4.84. The second-order valence-corrected chi connectivity index (χ2v) is 2.16. The molecule has 0 aliphatic heterocycles. The van der Waals surface area contributed by atoms with E-state index in [1.807, 2.05) is 0 Å². The van der Waals surface area contributed by atoms with E-state index in [0.29, 0.717) is 0 Å². The molecule has 0 aliphatic rings. The summed E-state index contributed by atoms with van der Waals surface area (Å²) in [6, 6.07) is 0. The van der Waals surface area contributed by atoms with E-state index in [4.69, 9.17) is 9.66 Å². The van der Waals surface area contributed by atoms with Gasteiger partial charge in [-0.15, -0.1) is 4.83 Å². The predicted octanol–water partition coefficient (Wildman–Crippen LogP) is -1.44. The first-order valence-electron chi connectivity index (χ1n) is 1.65. The van der Waals surface area contributed by atoms with Gasteiger partial charge in [-0.05, 0) is 0 Å². The average Bonchev–Trinajstić information content (AvgIpc) is 1.59. The van der Waals surface area contributed by atoms with Gasteiger partial charge in [-0.2, -0.15) is 8.42 Å². The van der Waals surface area contributed by atoms with Crippen LogP contribution in [0.25, 0.3) is 0 Å². The van der Waals surface area contributed by atoms with Gasteiger partial charge in [0.1, 0.15) is 0 Å². The number of hydrogen-bond donors (Lipinski definition) is 4. The minimum atomic E-state index is -4.46. The molecule has 0 unspecified atom stereocenters. The zero-order chi connectivity index (χ0) is 7.49. The third-order valence-corrected chi connectivity index (χ3v) is 0.647. The minimum absolute atomic E-state index is 1.10. The van der Waals surface area contributed by atoms with E-state index in [9.17, 15) is 13.2 Å². The summed E-state index contributed by atoms with van der Waals surface area (Å²) in [7, 11) is -4.46. The van der Waals surface area contributed by atoms with Crippen LogP contribution in [0.3, 0.4) is 0 Å². The van der Waals surface area contributed by atoms with Gasteiger partial charge in [-0.1, -0.05) is 0 Å². The molecule has 9 heavy (non-hydrogen) atoms. The molecular weight excluding hydrogens is 152 g/mol. The zero-order valence-electron chi connectivity index (χ0n) is 4.03. The maximum Gasteiger partial charge on any atom is 0.420 e. The summed E-state index contributed by atoms with van der Waals surface area (Å²) in [5.74, 6) is 0. The van der Waals surface area contributed by atoms with E-state index < -0.39 is 16.4 Å². The maximum atomic E-state index is 9.65. The SMILES string of the molecule is O=C(O)NNS(=O)(=O)O. The summed E-state index contributed by atoms with van der Waals surface area (Å²) in [6.45, 7) is 0. The van der Waals surface area contributed by atoms with Crippen LogP contribution in [0.4, 0.5) is 4.79 Å². The fourth-order valence-electron chi connectivity index (χ4n) is 0.108. The second-order valence-electron chi connectivity index (χ2n) is 1.01. The monoisotopic (exact) mass is 156 g/mol. The van der Waals surface area contributed by atoms with Crippen LogP contribution in [0.5, 0.6) is 0 Å². The van der Waals surface area contributed by atoms with Crippen molar-refractivity contribution in [3.8, 4) is 0 Å². The van der Waals surface area contributed by atoms with Crippen molar-refractivity contribution in [3.63, 3.8) is 0 Å². The second kappa shape index (κ2) is 2.62. The van der Waals surface area contributed by atoms with Crippen molar-refractivity contribution in [2.24, 2.45) is 0 Å². The first-order chi connectivity index (χ1) is 3.92. The quantitative estimate of drug-likeness (QED) is 0.288. The number of hydrazine groups is 1. The Morgan fingerprint density at radius 2 is 1.89 bits per heavy atom. The molecule has 0 bridgehead atoms. The van der Waals surface area contributed by atoms with Gasteiger partial charge in [0.05, 0.1) is 0 Å². The van der Waals surface area contributed by atoms with Gasteiger partial charge < -0.3 is 5.11 Å². The van der Waals surface area contributed by atoms with Crippen LogP contribution in [-0.2, 0) is 10.3 Å². The standard InChI is InChI=1S/CH4N2O5S/c4-1(5)2-3-9(6,7)8/h2-3H,(H,4,5)(H,6,7,8). The van der Waals surface area contributed by atoms with E-state index in [1.54, 1.807) is 0 Å². The van der Waals surface area contributed by atoms with E-state index in [-0.39, 0.29) is 0 Å². The van der Waals surface area contributed by atoms with Crippen molar-refractivity contribution in [2.75, 3.05) is 0 Å². The molecular formula is CH4N2O5S. The molecule has 0 fully saturated rings. The topological polar surface area (TPSA) is 116 Å². The third kappa shape index (κ3) is 7.14. The molecule has 0 heterocycles. The largest absolute Gasteiger partial charge is 0.464 e. The van der Waals surface area contributed by atoms with Gasteiger partial charge in [0.2, 0.25) is 0 Å². The Balaban J connectivity index is 3.67. The summed E-state index contributed by atoms with van der Waals surface area (Å²) in [5, 5.41) is 7.73.